The molecular weight excluding hydrogens is 360 g/mol. The third kappa shape index (κ3) is 3.17. The Morgan fingerprint density at radius 2 is 1.79 bits per heavy atom. The van der Waals surface area contributed by atoms with Crippen LogP contribution in [0.1, 0.15) is 29.0 Å². The fourth-order valence-electron chi connectivity index (χ4n) is 4.29. The Morgan fingerprint density at radius 3 is 2.55 bits per heavy atom. The van der Waals surface area contributed by atoms with Crippen molar-refractivity contribution in [2.45, 2.75) is 18.9 Å². The highest BCUT2D eigenvalue weighted by Crippen LogP contribution is 2.41. The minimum atomic E-state index is 0.00378. The number of anilines is 1. The molecule has 0 fully saturated rings. The molecule has 4 heteroatoms. The van der Waals surface area contributed by atoms with E-state index in [-0.39, 0.29) is 11.8 Å². The second-order valence-electron chi connectivity index (χ2n) is 7.48. The van der Waals surface area contributed by atoms with Gasteiger partial charge in [-0.05, 0) is 41.0 Å². The van der Waals surface area contributed by atoms with Crippen molar-refractivity contribution in [3.63, 3.8) is 0 Å². The molecule has 144 valence electrons. The van der Waals surface area contributed by atoms with Gasteiger partial charge in [0.2, 0.25) is 5.91 Å². The molecule has 0 aliphatic carbocycles. The Balaban J connectivity index is 1.66. The average Bonchev–Trinajstić information content (AvgIpc) is 3.04. The lowest BCUT2D eigenvalue weighted by atomic mass is 9.88. The summed E-state index contributed by atoms with van der Waals surface area (Å²) in [6.07, 6.45) is 2.64. The third-order valence-corrected chi connectivity index (χ3v) is 5.69. The summed E-state index contributed by atoms with van der Waals surface area (Å²) in [5, 5.41) is 4.24. The number of benzene rings is 3. The molecule has 2 heterocycles. The maximum Gasteiger partial charge on any atom is 0.225 e. The SMILES string of the molecule is COc1ccc([C@@H]2CC(=O)Nc3cccc4c3c2cn4Cc2ccccc2)cc1. The number of carbonyl (C=O) groups is 1. The Bertz CT molecular complexity index is 1180. The lowest BCUT2D eigenvalue weighted by molar-refractivity contribution is -0.116. The normalized spacial score (nSPS) is 15.8. The molecule has 1 atom stereocenters. The van der Waals surface area contributed by atoms with Crippen LogP contribution in [0.4, 0.5) is 5.69 Å². The van der Waals surface area contributed by atoms with Gasteiger partial charge in [-0.1, -0.05) is 48.5 Å². The van der Waals surface area contributed by atoms with Crippen LogP contribution in [-0.2, 0) is 11.3 Å². The van der Waals surface area contributed by atoms with E-state index in [4.69, 9.17) is 4.74 Å². The molecule has 0 spiro atoms. The molecule has 4 nitrogen and oxygen atoms in total. The number of nitrogens with zero attached hydrogens (tertiary/aromatic N) is 1. The van der Waals surface area contributed by atoms with E-state index in [0.29, 0.717) is 6.42 Å². The summed E-state index contributed by atoms with van der Waals surface area (Å²) in [5.74, 6) is 0.868. The standard InChI is InChI=1S/C25H22N2O2/c1-29-19-12-10-18(11-13-19)20-14-24(28)26-22-8-5-9-23-25(22)21(20)16-27(23)15-17-6-3-2-4-7-17/h2-13,16,20H,14-15H2,1H3,(H,26,28)/t20-/m0/s1. The number of nitrogens with one attached hydrogen (secondary N) is 1. The largest absolute Gasteiger partial charge is 0.497 e. The Hall–Kier alpha value is -3.53. The Labute approximate surface area is 169 Å². The van der Waals surface area contributed by atoms with Crippen molar-refractivity contribution < 1.29 is 9.53 Å². The van der Waals surface area contributed by atoms with E-state index in [1.807, 2.05) is 30.3 Å². The Morgan fingerprint density at radius 1 is 1.00 bits per heavy atom. The van der Waals surface area contributed by atoms with E-state index in [1.54, 1.807) is 7.11 Å². The number of hydrogen-bond acceptors (Lipinski definition) is 2. The molecule has 1 amide bonds. The van der Waals surface area contributed by atoms with Gasteiger partial charge in [-0.3, -0.25) is 4.79 Å². The van der Waals surface area contributed by atoms with Gasteiger partial charge in [-0.15, -0.1) is 0 Å². The van der Waals surface area contributed by atoms with Gasteiger partial charge in [-0.2, -0.15) is 0 Å². The number of amides is 1. The van der Waals surface area contributed by atoms with Gasteiger partial charge in [0.25, 0.3) is 0 Å². The van der Waals surface area contributed by atoms with Crippen LogP contribution in [0, 0.1) is 0 Å². The molecule has 0 bridgehead atoms. The fourth-order valence-corrected chi connectivity index (χ4v) is 4.29. The maximum absolute atomic E-state index is 12.6. The summed E-state index contributed by atoms with van der Waals surface area (Å²) in [7, 11) is 1.66. The Kier molecular flexibility index (Phi) is 4.32. The minimum Gasteiger partial charge on any atom is -0.497 e. The van der Waals surface area contributed by atoms with Crippen LogP contribution < -0.4 is 10.1 Å². The summed E-state index contributed by atoms with van der Waals surface area (Å²) in [6, 6.07) is 24.6. The van der Waals surface area contributed by atoms with Gasteiger partial charge >= 0.3 is 0 Å². The van der Waals surface area contributed by atoms with E-state index < -0.39 is 0 Å². The van der Waals surface area contributed by atoms with E-state index in [2.05, 4.69) is 58.5 Å². The molecule has 0 radical (unpaired) electrons. The molecule has 0 saturated heterocycles. The first-order chi connectivity index (χ1) is 14.2. The van der Waals surface area contributed by atoms with Crippen molar-refractivity contribution in [2.75, 3.05) is 12.4 Å². The fraction of sp³-hybridized carbons (Fsp3) is 0.160. The monoisotopic (exact) mass is 382 g/mol. The van der Waals surface area contributed by atoms with E-state index >= 15 is 0 Å². The van der Waals surface area contributed by atoms with Crippen LogP contribution in [0.5, 0.6) is 5.75 Å². The lowest BCUT2D eigenvalue weighted by Gasteiger charge is -2.15. The lowest BCUT2D eigenvalue weighted by Crippen LogP contribution is -2.14. The minimum absolute atomic E-state index is 0.00378. The zero-order valence-corrected chi connectivity index (χ0v) is 16.3. The number of carbonyl (C=O) groups excluding carboxylic acids is 1. The van der Waals surface area contributed by atoms with Crippen molar-refractivity contribution >= 4 is 22.5 Å². The van der Waals surface area contributed by atoms with Crippen molar-refractivity contribution in [1.29, 1.82) is 0 Å². The van der Waals surface area contributed by atoms with Crippen LogP contribution in [0.15, 0.2) is 79.0 Å². The molecule has 0 saturated carbocycles. The first kappa shape index (κ1) is 17.6. The van der Waals surface area contributed by atoms with Gasteiger partial charge in [0.05, 0.1) is 18.3 Å². The molecule has 1 N–H and O–H groups in total. The summed E-state index contributed by atoms with van der Waals surface area (Å²) < 4.78 is 7.59. The number of hydrogen-bond donors (Lipinski definition) is 1. The third-order valence-electron chi connectivity index (χ3n) is 5.69. The molecule has 3 aromatic carbocycles. The van der Waals surface area contributed by atoms with Crippen molar-refractivity contribution in [3.8, 4) is 5.75 Å². The van der Waals surface area contributed by atoms with Crippen LogP contribution >= 0.6 is 0 Å². The summed E-state index contributed by atoms with van der Waals surface area (Å²) in [5.41, 5.74) is 5.60. The van der Waals surface area contributed by atoms with Gasteiger partial charge in [0, 0.05) is 30.5 Å². The predicted octanol–water partition coefficient (Wildman–Crippen LogP) is 5.17. The first-order valence-corrected chi connectivity index (χ1v) is 9.82. The van der Waals surface area contributed by atoms with Crippen LogP contribution in [-0.4, -0.2) is 17.6 Å². The average molecular weight is 382 g/mol. The van der Waals surface area contributed by atoms with Crippen molar-refractivity contribution in [2.24, 2.45) is 0 Å². The predicted molar refractivity (Wildman–Crippen MR) is 116 cm³/mol. The first-order valence-electron chi connectivity index (χ1n) is 9.82. The topological polar surface area (TPSA) is 43.3 Å². The van der Waals surface area contributed by atoms with Gasteiger partial charge in [0.1, 0.15) is 5.75 Å². The molecule has 0 unspecified atom stereocenters. The van der Waals surface area contributed by atoms with Crippen LogP contribution in [0.2, 0.25) is 0 Å². The summed E-state index contributed by atoms with van der Waals surface area (Å²) in [6.45, 7) is 0.796. The number of methoxy groups -OCH3 is 1. The molecule has 1 aliphatic heterocycles. The summed E-state index contributed by atoms with van der Waals surface area (Å²) >= 11 is 0. The highest BCUT2D eigenvalue weighted by molar-refractivity contribution is 6.06. The maximum atomic E-state index is 12.6. The van der Waals surface area contributed by atoms with Crippen molar-refractivity contribution in [1.82, 2.24) is 4.57 Å². The zero-order valence-electron chi connectivity index (χ0n) is 16.3. The van der Waals surface area contributed by atoms with Gasteiger partial charge < -0.3 is 14.6 Å². The molecular formula is C25H22N2O2. The van der Waals surface area contributed by atoms with Gasteiger partial charge in [-0.25, -0.2) is 0 Å². The van der Waals surface area contributed by atoms with Crippen LogP contribution in [0.25, 0.3) is 10.9 Å². The number of ether oxygens (including phenoxy) is 1. The second-order valence-corrected chi connectivity index (χ2v) is 7.48. The molecule has 4 aromatic rings. The zero-order chi connectivity index (χ0) is 19.8. The molecule has 5 rings (SSSR count). The van der Waals surface area contributed by atoms with Gasteiger partial charge in [0.15, 0.2) is 0 Å². The van der Waals surface area contributed by atoms with E-state index in [9.17, 15) is 4.79 Å². The van der Waals surface area contributed by atoms with Crippen molar-refractivity contribution in [3.05, 3.63) is 95.7 Å². The van der Waals surface area contributed by atoms with E-state index in [0.717, 1.165) is 34.4 Å². The van der Waals surface area contributed by atoms with Crippen LogP contribution in [0.3, 0.4) is 0 Å². The molecule has 1 aliphatic rings. The number of aromatic nitrogens is 1. The smallest absolute Gasteiger partial charge is 0.225 e. The molecule has 1 aromatic heterocycles. The highest BCUT2D eigenvalue weighted by atomic mass is 16.5. The highest BCUT2D eigenvalue weighted by Gasteiger charge is 2.27. The number of rotatable bonds is 4. The summed E-state index contributed by atoms with van der Waals surface area (Å²) in [4.78, 5) is 12.6. The quantitative estimate of drug-likeness (QED) is 0.529. The molecule has 29 heavy (non-hydrogen) atoms. The van der Waals surface area contributed by atoms with E-state index in [1.165, 1.54) is 11.1 Å². The second kappa shape index (κ2) is 7.13.